The summed E-state index contributed by atoms with van der Waals surface area (Å²) < 4.78 is 7.63. The number of carbonyl (C=O) groups excluding carboxylic acids is 1. The van der Waals surface area contributed by atoms with Gasteiger partial charge in [-0.1, -0.05) is 18.2 Å². The maximum absolute atomic E-state index is 12.3. The van der Waals surface area contributed by atoms with Crippen LogP contribution in [0.5, 0.6) is 5.75 Å². The number of fused-ring (bicyclic) bond motifs is 1. The minimum atomic E-state index is -0.125. The number of tetrazole rings is 1. The third-order valence-electron chi connectivity index (χ3n) is 4.98. The third-order valence-corrected chi connectivity index (χ3v) is 4.98. The highest BCUT2D eigenvalue weighted by Gasteiger charge is 2.32. The van der Waals surface area contributed by atoms with Crippen molar-refractivity contribution in [2.75, 3.05) is 26.2 Å². The molecular formula is C18H24N6O2. The fraction of sp³-hybridized carbons (Fsp3) is 0.556. The van der Waals surface area contributed by atoms with Gasteiger partial charge in [0.15, 0.2) is 0 Å². The smallest absolute Gasteiger partial charge is 0.244 e. The van der Waals surface area contributed by atoms with Gasteiger partial charge in [0.2, 0.25) is 5.91 Å². The lowest BCUT2D eigenvalue weighted by atomic mass is 10.0. The largest absolute Gasteiger partial charge is 0.487 e. The molecule has 8 heteroatoms. The van der Waals surface area contributed by atoms with Gasteiger partial charge >= 0.3 is 0 Å². The highest BCUT2D eigenvalue weighted by Crippen LogP contribution is 2.38. The fourth-order valence-corrected chi connectivity index (χ4v) is 3.69. The molecule has 26 heavy (non-hydrogen) atoms. The van der Waals surface area contributed by atoms with Crippen molar-refractivity contribution in [3.63, 3.8) is 0 Å². The average molecular weight is 356 g/mol. The van der Waals surface area contributed by atoms with Crippen LogP contribution in [0.25, 0.3) is 0 Å². The van der Waals surface area contributed by atoms with E-state index in [9.17, 15) is 4.79 Å². The van der Waals surface area contributed by atoms with Crippen LogP contribution in [0.15, 0.2) is 24.5 Å². The number of amides is 1. The summed E-state index contributed by atoms with van der Waals surface area (Å²) in [5, 5.41) is 10.9. The van der Waals surface area contributed by atoms with Crippen molar-refractivity contribution in [3.8, 4) is 5.75 Å². The summed E-state index contributed by atoms with van der Waals surface area (Å²) in [4.78, 5) is 16.6. The molecule has 138 valence electrons. The summed E-state index contributed by atoms with van der Waals surface area (Å²) >= 11 is 0. The van der Waals surface area contributed by atoms with Crippen LogP contribution < -0.4 is 4.74 Å². The van der Waals surface area contributed by atoms with E-state index < -0.39 is 0 Å². The molecular weight excluding hydrogens is 332 g/mol. The van der Waals surface area contributed by atoms with Crippen molar-refractivity contribution in [1.29, 1.82) is 0 Å². The Bertz CT molecular complexity index is 781. The van der Waals surface area contributed by atoms with Crippen LogP contribution in [0.1, 0.15) is 25.0 Å². The normalized spacial score (nSPS) is 19.2. The molecule has 2 aromatic rings. The Labute approximate surface area is 152 Å². The highest BCUT2D eigenvalue weighted by molar-refractivity contribution is 5.76. The van der Waals surface area contributed by atoms with Crippen LogP contribution >= 0.6 is 0 Å². The molecule has 0 spiro atoms. The van der Waals surface area contributed by atoms with Gasteiger partial charge in [0, 0.05) is 44.7 Å². The van der Waals surface area contributed by atoms with Gasteiger partial charge in [0.1, 0.15) is 24.2 Å². The summed E-state index contributed by atoms with van der Waals surface area (Å²) in [6.07, 6.45) is 2.42. The zero-order chi connectivity index (χ0) is 18.1. The minimum absolute atomic E-state index is 0.0580. The van der Waals surface area contributed by atoms with Crippen LogP contribution in [0.4, 0.5) is 0 Å². The van der Waals surface area contributed by atoms with E-state index in [0.29, 0.717) is 0 Å². The van der Waals surface area contributed by atoms with Gasteiger partial charge in [-0.2, -0.15) is 0 Å². The summed E-state index contributed by atoms with van der Waals surface area (Å²) in [7, 11) is 0. The number of benzene rings is 1. The van der Waals surface area contributed by atoms with Gasteiger partial charge in [0.05, 0.1) is 0 Å². The number of para-hydroxylation sites is 1. The first kappa shape index (κ1) is 17.0. The van der Waals surface area contributed by atoms with E-state index in [-0.39, 0.29) is 18.1 Å². The van der Waals surface area contributed by atoms with E-state index in [1.165, 1.54) is 22.1 Å². The average Bonchev–Trinajstić information content (AvgIpc) is 3.22. The second-order valence-corrected chi connectivity index (χ2v) is 7.61. The van der Waals surface area contributed by atoms with Gasteiger partial charge in [-0.25, -0.2) is 4.68 Å². The van der Waals surface area contributed by atoms with Crippen LogP contribution in [0, 0.1) is 0 Å². The molecule has 0 radical (unpaired) electrons. The van der Waals surface area contributed by atoms with Crippen LogP contribution in [0.2, 0.25) is 0 Å². The molecule has 0 aliphatic carbocycles. The summed E-state index contributed by atoms with van der Waals surface area (Å²) in [6.45, 7) is 8.47. The molecule has 1 aromatic heterocycles. The molecule has 0 unspecified atom stereocenters. The summed E-state index contributed by atoms with van der Waals surface area (Å²) in [5.41, 5.74) is 2.41. The molecule has 1 aromatic carbocycles. The Morgan fingerprint density at radius 3 is 2.77 bits per heavy atom. The summed E-state index contributed by atoms with van der Waals surface area (Å²) in [6, 6.07) is 6.42. The Hall–Kier alpha value is -2.48. The lowest BCUT2D eigenvalue weighted by Gasteiger charge is -2.35. The Morgan fingerprint density at radius 2 is 2.04 bits per heavy atom. The number of piperazine rings is 1. The quantitative estimate of drug-likeness (QED) is 0.804. The number of ether oxygens (including phenoxy) is 1. The number of aromatic nitrogens is 4. The van der Waals surface area contributed by atoms with Crippen molar-refractivity contribution in [2.45, 2.75) is 39.0 Å². The topological polar surface area (TPSA) is 76.4 Å². The molecule has 1 amide bonds. The molecule has 8 nitrogen and oxygen atoms in total. The number of rotatable bonds is 4. The first-order valence-corrected chi connectivity index (χ1v) is 9.01. The van der Waals surface area contributed by atoms with Gasteiger partial charge in [0.25, 0.3) is 0 Å². The third kappa shape index (κ3) is 3.55. The Kier molecular flexibility index (Phi) is 4.36. The summed E-state index contributed by atoms with van der Waals surface area (Å²) in [5.74, 6) is 1.11. The molecule has 2 aliphatic rings. The predicted octanol–water partition coefficient (Wildman–Crippen LogP) is 0.731. The standard InChI is InChI=1S/C18H24N6O2/c1-18(2)10-14-4-3-5-15(17(14)26-18)11-22-6-8-23(9-7-22)16(25)12-24-13-19-20-21-24/h3-5,13H,6-12H2,1-2H3. The van der Waals surface area contributed by atoms with E-state index in [1.54, 1.807) is 0 Å². The van der Waals surface area contributed by atoms with Gasteiger partial charge in [-0.15, -0.1) is 5.10 Å². The van der Waals surface area contributed by atoms with Crippen molar-refractivity contribution in [2.24, 2.45) is 0 Å². The van der Waals surface area contributed by atoms with Crippen LogP contribution in [-0.4, -0.2) is 67.7 Å². The second-order valence-electron chi connectivity index (χ2n) is 7.61. The van der Waals surface area contributed by atoms with Crippen LogP contribution in [0.3, 0.4) is 0 Å². The zero-order valence-corrected chi connectivity index (χ0v) is 15.3. The number of nitrogens with zero attached hydrogens (tertiary/aromatic N) is 6. The fourth-order valence-electron chi connectivity index (χ4n) is 3.69. The molecule has 3 heterocycles. The molecule has 1 fully saturated rings. The number of hydrogen-bond acceptors (Lipinski definition) is 6. The molecule has 1 saturated heterocycles. The van der Waals surface area contributed by atoms with Crippen molar-refractivity contribution in [3.05, 3.63) is 35.7 Å². The monoisotopic (exact) mass is 356 g/mol. The van der Waals surface area contributed by atoms with Crippen molar-refractivity contribution >= 4 is 5.91 Å². The molecule has 4 rings (SSSR count). The number of hydrogen-bond donors (Lipinski definition) is 0. The predicted molar refractivity (Wildman–Crippen MR) is 94.5 cm³/mol. The minimum Gasteiger partial charge on any atom is -0.487 e. The Balaban J connectivity index is 1.34. The van der Waals surface area contributed by atoms with Gasteiger partial charge < -0.3 is 9.64 Å². The zero-order valence-electron chi connectivity index (χ0n) is 15.3. The SMILES string of the molecule is CC1(C)Cc2cccc(CN3CCN(C(=O)Cn4cnnn4)CC3)c2O1. The molecule has 0 saturated carbocycles. The van der Waals surface area contributed by atoms with E-state index in [1.807, 2.05) is 4.90 Å². The first-order chi connectivity index (χ1) is 12.5. The number of carbonyl (C=O) groups is 1. The van der Waals surface area contributed by atoms with E-state index in [0.717, 1.165) is 44.9 Å². The first-order valence-electron chi connectivity index (χ1n) is 9.01. The lowest BCUT2D eigenvalue weighted by molar-refractivity contribution is -0.133. The molecule has 2 aliphatic heterocycles. The van der Waals surface area contributed by atoms with E-state index in [4.69, 9.17) is 4.74 Å². The second kappa shape index (κ2) is 6.68. The molecule has 0 atom stereocenters. The molecule has 0 N–H and O–H groups in total. The Morgan fingerprint density at radius 1 is 1.23 bits per heavy atom. The van der Waals surface area contributed by atoms with Crippen molar-refractivity contribution < 1.29 is 9.53 Å². The highest BCUT2D eigenvalue weighted by atomic mass is 16.5. The van der Waals surface area contributed by atoms with Crippen LogP contribution in [-0.2, 0) is 24.3 Å². The lowest BCUT2D eigenvalue weighted by Crippen LogP contribution is -2.49. The van der Waals surface area contributed by atoms with E-state index in [2.05, 4.69) is 52.5 Å². The van der Waals surface area contributed by atoms with Gasteiger partial charge in [-0.05, 0) is 29.8 Å². The maximum atomic E-state index is 12.3. The van der Waals surface area contributed by atoms with E-state index >= 15 is 0 Å². The maximum Gasteiger partial charge on any atom is 0.244 e. The molecule has 0 bridgehead atoms. The van der Waals surface area contributed by atoms with Crippen molar-refractivity contribution in [1.82, 2.24) is 30.0 Å². The van der Waals surface area contributed by atoms with Gasteiger partial charge in [-0.3, -0.25) is 9.69 Å².